The van der Waals surface area contributed by atoms with Crippen LogP contribution in [-0.2, 0) is 33.2 Å². The number of carbonyl (C=O) groups is 1. The molecule has 19 nitrogen and oxygen atoms in total. The zero-order valence-corrected chi connectivity index (χ0v) is 55.2. The van der Waals surface area contributed by atoms with Gasteiger partial charge in [0, 0.05) is 6.42 Å². The molecule has 1 amide bonds. The highest BCUT2D eigenvalue weighted by Crippen LogP contribution is 2.33. The van der Waals surface area contributed by atoms with Crippen LogP contribution in [0.1, 0.15) is 303 Å². The molecule has 3 saturated heterocycles. The van der Waals surface area contributed by atoms with Gasteiger partial charge in [-0.3, -0.25) is 4.79 Å². The molecule has 3 aliphatic heterocycles. The Morgan fingerprint density at radius 3 is 0.989 bits per heavy atom. The van der Waals surface area contributed by atoms with Gasteiger partial charge in [-0.05, 0) is 12.8 Å². The number of hydrogen-bond acceptors (Lipinski definition) is 18. The maximum Gasteiger partial charge on any atom is 0.220 e. The second-order valence-corrected chi connectivity index (χ2v) is 26.4. The van der Waals surface area contributed by atoms with Crippen molar-refractivity contribution < 1.29 is 89.4 Å². The molecule has 0 spiro atoms. The standard InChI is InChI=1S/C69H133NO18/c1-3-5-7-9-11-13-15-17-19-20-21-22-23-24-25-26-27-28-29-30-31-33-34-36-38-40-42-44-46-53(74)52(70-57(75)47-45-43-41-39-37-35-32-18-16-14-12-10-8-6-4-2)51-83-67-63(81)60(78)65(55(49-72)85-67)88-69-64(82)61(79)66(56(50-73)86-69)87-68-62(80)59(77)58(76)54(48-71)84-68/h52-56,58-69,71-74,76-82H,3-51H2,1-2H3,(H,70,75). The number of ether oxygens (including phenoxy) is 6. The highest BCUT2D eigenvalue weighted by molar-refractivity contribution is 5.76. The predicted molar refractivity (Wildman–Crippen MR) is 342 cm³/mol. The Labute approximate surface area is 532 Å². The molecule has 0 aromatic rings. The summed E-state index contributed by atoms with van der Waals surface area (Å²) in [6.07, 6.45) is 29.1. The van der Waals surface area contributed by atoms with E-state index in [2.05, 4.69) is 19.2 Å². The van der Waals surface area contributed by atoms with Crippen LogP contribution in [0.25, 0.3) is 0 Å². The molecule has 0 radical (unpaired) electrons. The Balaban J connectivity index is 1.39. The number of aliphatic hydroxyl groups excluding tert-OH is 11. The Morgan fingerprint density at radius 2 is 0.648 bits per heavy atom. The third-order valence-electron chi connectivity index (χ3n) is 18.7. The summed E-state index contributed by atoms with van der Waals surface area (Å²) in [4.78, 5) is 13.4. The molecule has 3 heterocycles. The molecule has 3 aliphatic rings. The zero-order chi connectivity index (χ0) is 64.0. The van der Waals surface area contributed by atoms with Gasteiger partial charge >= 0.3 is 0 Å². The number of unbranched alkanes of at least 4 members (excludes halogenated alkanes) is 41. The number of rotatable bonds is 57. The Morgan fingerprint density at radius 1 is 0.364 bits per heavy atom. The highest BCUT2D eigenvalue weighted by atomic mass is 16.8. The van der Waals surface area contributed by atoms with Crippen molar-refractivity contribution in [1.29, 1.82) is 0 Å². The molecule has 17 unspecified atom stereocenters. The van der Waals surface area contributed by atoms with Gasteiger partial charge in [0.1, 0.15) is 73.2 Å². The molecule has 0 bridgehead atoms. The fourth-order valence-corrected chi connectivity index (χ4v) is 12.8. The van der Waals surface area contributed by atoms with Gasteiger partial charge in [0.15, 0.2) is 18.9 Å². The monoisotopic (exact) mass is 1260 g/mol. The fourth-order valence-electron chi connectivity index (χ4n) is 12.8. The average Bonchev–Trinajstić information content (AvgIpc) is 1.62. The third kappa shape index (κ3) is 33.8. The summed E-state index contributed by atoms with van der Waals surface area (Å²) < 4.78 is 34.4. The molecule has 0 aromatic heterocycles. The number of amides is 1. The molecular formula is C69H133NO18. The number of carbonyl (C=O) groups excluding carboxylic acids is 1. The number of hydrogen-bond donors (Lipinski definition) is 12. The summed E-state index contributed by atoms with van der Waals surface area (Å²) in [5.74, 6) is -0.236. The third-order valence-corrected chi connectivity index (χ3v) is 18.7. The lowest BCUT2D eigenvalue weighted by Crippen LogP contribution is -2.66. The van der Waals surface area contributed by atoms with Crippen LogP contribution in [-0.4, -0.2) is 193 Å². The molecule has 12 N–H and O–H groups in total. The summed E-state index contributed by atoms with van der Waals surface area (Å²) in [6, 6.07) is -0.881. The first-order chi connectivity index (χ1) is 42.8. The smallest absolute Gasteiger partial charge is 0.220 e. The van der Waals surface area contributed by atoms with Gasteiger partial charge in [-0.2, -0.15) is 0 Å². The van der Waals surface area contributed by atoms with E-state index in [0.717, 1.165) is 44.9 Å². The lowest BCUT2D eigenvalue weighted by molar-refractivity contribution is -0.379. The van der Waals surface area contributed by atoms with Crippen LogP contribution in [0.5, 0.6) is 0 Å². The molecule has 3 rings (SSSR count). The van der Waals surface area contributed by atoms with Crippen molar-refractivity contribution in [3.05, 3.63) is 0 Å². The van der Waals surface area contributed by atoms with Gasteiger partial charge in [0.25, 0.3) is 0 Å². The predicted octanol–water partition coefficient (Wildman–Crippen LogP) is 9.89. The maximum absolute atomic E-state index is 13.4. The minimum absolute atomic E-state index is 0.236. The van der Waals surface area contributed by atoms with Crippen LogP contribution in [0.15, 0.2) is 0 Å². The first-order valence-electron chi connectivity index (χ1n) is 36.3. The van der Waals surface area contributed by atoms with Gasteiger partial charge in [0.2, 0.25) is 5.91 Å². The maximum atomic E-state index is 13.4. The fraction of sp³-hybridized carbons (Fsp3) is 0.986. The zero-order valence-electron chi connectivity index (χ0n) is 55.2. The van der Waals surface area contributed by atoms with Gasteiger partial charge in [-0.1, -0.05) is 284 Å². The van der Waals surface area contributed by atoms with E-state index in [1.54, 1.807) is 0 Å². The molecule has 19 heteroatoms. The van der Waals surface area contributed by atoms with Gasteiger partial charge < -0.3 is 89.9 Å². The number of aliphatic hydroxyl groups is 11. The van der Waals surface area contributed by atoms with E-state index in [-0.39, 0.29) is 18.9 Å². The van der Waals surface area contributed by atoms with Crippen LogP contribution in [0, 0.1) is 0 Å². The van der Waals surface area contributed by atoms with E-state index < -0.39 is 124 Å². The van der Waals surface area contributed by atoms with E-state index in [0.29, 0.717) is 12.8 Å². The van der Waals surface area contributed by atoms with E-state index in [9.17, 15) is 61.0 Å². The van der Waals surface area contributed by atoms with E-state index in [1.165, 1.54) is 225 Å². The Hall–Kier alpha value is -1.21. The summed E-state index contributed by atoms with van der Waals surface area (Å²) in [5.41, 5.74) is 0. The minimum atomic E-state index is -1.97. The Bertz CT molecular complexity index is 1600. The van der Waals surface area contributed by atoms with Crippen molar-refractivity contribution in [3.63, 3.8) is 0 Å². The first-order valence-corrected chi connectivity index (χ1v) is 36.3. The SMILES string of the molecule is CCCCCCCCCCCCCCCCCCCCCCCCCCCCCCC(O)C(COC1OC(CO)C(OC2OC(CO)C(OC3OC(CO)C(O)C(O)C3O)C(O)C2O)C(O)C1O)NC(=O)CCCCCCCCCCCCCCCCC. The van der Waals surface area contributed by atoms with Crippen molar-refractivity contribution in [2.24, 2.45) is 0 Å². The minimum Gasteiger partial charge on any atom is -0.394 e. The summed E-state index contributed by atoms with van der Waals surface area (Å²) in [6.45, 7) is 1.84. The van der Waals surface area contributed by atoms with Gasteiger partial charge in [-0.25, -0.2) is 0 Å². The molecule has 522 valence electrons. The molecule has 0 aliphatic carbocycles. The van der Waals surface area contributed by atoms with Crippen LogP contribution < -0.4 is 5.32 Å². The lowest BCUT2D eigenvalue weighted by atomic mass is 9.96. The second-order valence-electron chi connectivity index (χ2n) is 26.4. The van der Waals surface area contributed by atoms with Crippen LogP contribution in [0.4, 0.5) is 0 Å². The van der Waals surface area contributed by atoms with Crippen molar-refractivity contribution in [3.8, 4) is 0 Å². The molecule has 0 saturated carbocycles. The second kappa shape index (κ2) is 52.1. The first kappa shape index (κ1) is 81.0. The molecular weight excluding hydrogens is 1130 g/mol. The van der Waals surface area contributed by atoms with Gasteiger partial charge in [-0.15, -0.1) is 0 Å². The summed E-state index contributed by atoms with van der Waals surface area (Å²) >= 11 is 0. The number of nitrogens with one attached hydrogen (secondary N) is 1. The van der Waals surface area contributed by atoms with Gasteiger partial charge in [0.05, 0.1) is 38.6 Å². The Kier molecular flexibility index (Phi) is 48.0. The molecule has 3 fully saturated rings. The summed E-state index contributed by atoms with van der Waals surface area (Å²) in [7, 11) is 0. The molecule has 17 atom stereocenters. The van der Waals surface area contributed by atoms with Crippen molar-refractivity contribution in [2.45, 2.75) is 407 Å². The quantitative estimate of drug-likeness (QED) is 0.0252. The molecule has 0 aromatic carbocycles. The van der Waals surface area contributed by atoms with Crippen molar-refractivity contribution in [1.82, 2.24) is 5.32 Å². The average molecular weight is 1260 g/mol. The van der Waals surface area contributed by atoms with Crippen LogP contribution in [0.3, 0.4) is 0 Å². The topological polar surface area (TPSA) is 307 Å². The van der Waals surface area contributed by atoms with Crippen molar-refractivity contribution in [2.75, 3.05) is 26.4 Å². The summed E-state index contributed by atoms with van der Waals surface area (Å²) in [5, 5.41) is 121. The highest BCUT2D eigenvalue weighted by Gasteiger charge is 2.53. The normalized spacial score (nSPS) is 28.3. The van der Waals surface area contributed by atoms with Crippen molar-refractivity contribution >= 4 is 5.91 Å². The van der Waals surface area contributed by atoms with Crippen LogP contribution >= 0.6 is 0 Å². The van der Waals surface area contributed by atoms with E-state index >= 15 is 0 Å². The van der Waals surface area contributed by atoms with E-state index in [4.69, 9.17) is 28.4 Å². The van der Waals surface area contributed by atoms with Crippen LogP contribution in [0.2, 0.25) is 0 Å². The lowest BCUT2D eigenvalue weighted by Gasteiger charge is -2.48. The molecule has 88 heavy (non-hydrogen) atoms. The largest absolute Gasteiger partial charge is 0.394 e. The van der Waals surface area contributed by atoms with E-state index in [1.807, 2.05) is 0 Å².